The zero-order valence-corrected chi connectivity index (χ0v) is 17.7. The third-order valence-electron chi connectivity index (χ3n) is 5.13. The monoisotopic (exact) mass is 407 g/mol. The van der Waals surface area contributed by atoms with E-state index >= 15 is 0 Å². The van der Waals surface area contributed by atoms with Crippen LogP contribution >= 0.6 is 0 Å². The number of nitrogens with two attached hydrogens (primary N) is 1. The van der Waals surface area contributed by atoms with Gasteiger partial charge in [-0.1, -0.05) is 18.2 Å². The number of nitrogen functional groups attached to an aromatic ring is 1. The average Bonchev–Trinajstić information content (AvgIpc) is 2.66. The van der Waals surface area contributed by atoms with Gasteiger partial charge in [-0.05, 0) is 81.3 Å². The molecule has 6 nitrogen and oxygen atoms in total. The van der Waals surface area contributed by atoms with Crippen molar-refractivity contribution in [2.75, 3.05) is 5.32 Å². The average molecular weight is 408 g/mol. The molecule has 1 atom stereocenters. The lowest BCUT2D eigenvalue weighted by Crippen LogP contribution is -2.26. The Morgan fingerprint density at radius 1 is 1.10 bits per heavy atom. The van der Waals surface area contributed by atoms with Crippen molar-refractivity contribution in [2.45, 2.75) is 52.1 Å². The molecule has 30 heavy (non-hydrogen) atoms. The number of carbonyl (C=O) groups is 2. The van der Waals surface area contributed by atoms with Crippen molar-refractivity contribution in [2.24, 2.45) is 11.7 Å². The lowest BCUT2D eigenvalue weighted by Gasteiger charge is -2.26. The number of hydrogen-bond acceptors (Lipinski definition) is 4. The maximum atomic E-state index is 12.5. The number of anilines is 1. The van der Waals surface area contributed by atoms with Crippen molar-refractivity contribution in [1.29, 1.82) is 5.41 Å². The van der Waals surface area contributed by atoms with Gasteiger partial charge in [0.05, 0.1) is 0 Å². The fourth-order valence-corrected chi connectivity index (χ4v) is 3.71. The van der Waals surface area contributed by atoms with Crippen LogP contribution in [0.25, 0.3) is 0 Å². The molecule has 0 fully saturated rings. The molecular formula is C24H29N3O3. The highest BCUT2D eigenvalue weighted by molar-refractivity contribution is 6.05. The van der Waals surface area contributed by atoms with Crippen LogP contribution in [0.1, 0.15) is 60.7 Å². The minimum absolute atomic E-state index is 0.0300. The van der Waals surface area contributed by atoms with E-state index in [1.165, 1.54) is 11.1 Å². The van der Waals surface area contributed by atoms with Crippen LogP contribution in [-0.4, -0.2) is 23.3 Å². The Kier molecular flexibility index (Phi) is 6.25. The van der Waals surface area contributed by atoms with E-state index in [1.807, 2.05) is 39.0 Å². The number of fused-ring (bicyclic) bond motifs is 1. The van der Waals surface area contributed by atoms with Crippen LogP contribution in [0.2, 0.25) is 0 Å². The third kappa shape index (κ3) is 5.69. The van der Waals surface area contributed by atoms with Gasteiger partial charge in [-0.2, -0.15) is 0 Å². The van der Waals surface area contributed by atoms with Crippen molar-refractivity contribution < 1.29 is 14.3 Å². The molecule has 6 heteroatoms. The molecule has 1 amide bonds. The SMILES string of the molecule is CC(C)(C)OC(=O)CC1CCc2ccc(NC(=O)c3ccc(C(=N)N)cc3)cc2C1. The summed E-state index contributed by atoms with van der Waals surface area (Å²) in [7, 11) is 0. The Morgan fingerprint density at radius 2 is 1.77 bits per heavy atom. The van der Waals surface area contributed by atoms with Crippen LogP contribution < -0.4 is 11.1 Å². The zero-order chi connectivity index (χ0) is 21.9. The van der Waals surface area contributed by atoms with Gasteiger partial charge in [0.2, 0.25) is 0 Å². The zero-order valence-electron chi connectivity index (χ0n) is 17.7. The fraction of sp³-hybridized carbons (Fsp3) is 0.375. The maximum absolute atomic E-state index is 12.5. The van der Waals surface area contributed by atoms with E-state index in [9.17, 15) is 9.59 Å². The second kappa shape index (κ2) is 8.69. The van der Waals surface area contributed by atoms with E-state index < -0.39 is 5.60 Å². The van der Waals surface area contributed by atoms with Gasteiger partial charge in [0.15, 0.2) is 0 Å². The molecule has 1 aliphatic carbocycles. The lowest BCUT2D eigenvalue weighted by molar-refractivity contribution is -0.156. The second-order valence-electron chi connectivity index (χ2n) is 8.83. The minimum Gasteiger partial charge on any atom is -0.460 e. The first-order valence-electron chi connectivity index (χ1n) is 10.2. The molecule has 0 spiro atoms. The Labute approximate surface area is 177 Å². The number of rotatable bonds is 5. The van der Waals surface area contributed by atoms with Crippen molar-refractivity contribution in [3.63, 3.8) is 0 Å². The van der Waals surface area contributed by atoms with Gasteiger partial charge < -0.3 is 15.8 Å². The number of aryl methyl sites for hydroxylation is 1. The summed E-state index contributed by atoms with van der Waals surface area (Å²) in [5.74, 6) is -0.157. The number of esters is 1. The summed E-state index contributed by atoms with van der Waals surface area (Å²) in [5.41, 5.74) is 9.22. The number of amidine groups is 1. The summed E-state index contributed by atoms with van der Waals surface area (Å²) in [5, 5.41) is 10.4. The quantitative estimate of drug-likeness (QED) is 0.395. The number of nitrogens with one attached hydrogen (secondary N) is 2. The molecule has 0 radical (unpaired) electrons. The van der Waals surface area contributed by atoms with Gasteiger partial charge in [0.25, 0.3) is 5.91 Å². The van der Waals surface area contributed by atoms with Crippen molar-refractivity contribution in [1.82, 2.24) is 0 Å². The Morgan fingerprint density at radius 3 is 2.40 bits per heavy atom. The molecule has 0 saturated heterocycles. The van der Waals surface area contributed by atoms with E-state index in [0.717, 1.165) is 24.9 Å². The molecule has 0 bridgehead atoms. The van der Waals surface area contributed by atoms with Gasteiger partial charge in [-0.25, -0.2) is 0 Å². The molecule has 0 aliphatic heterocycles. The summed E-state index contributed by atoms with van der Waals surface area (Å²) >= 11 is 0. The number of hydrogen-bond donors (Lipinski definition) is 3. The largest absolute Gasteiger partial charge is 0.460 e. The minimum atomic E-state index is -0.469. The molecule has 4 N–H and O–H groups in total. The topological polar surface area (TPSA) is 105 Å². The summed E-state index contributed by atoms with van der Waals surface area (Å²) in [6.45, 7) is 5.64. The predicted octanol–water partition coefficient (Wildman–Crippen LogP) is 4.06. The van der Waals surface area contributed by atoms with E-state index in [2.05, 4.69) is 5.32 Å². The smallest absolute Gasteiger partial charge is 0.306 e. The van der Waals surface area contributed by atoms with Crippen molar-refractivity contribution >= 4 is 23.4 Å². The van der Waals surface area contributed by atoms with E-state index in [4.69, 9.17) is 15.9 Å². The van der Waals surface area contributed by atoms with Gasteiger partial charge in [-0.15, -0.1) is 0 Å². The van der Waals surface area contributed by atoms with Crippen molar-refractivity contribution in [3.8, 4) is 0 Å². The van der Waals surface area contributed by atoms with Crippen LogP contribution in [0.15, 0.2) is 42.5 Å². The molecule has 0 aromatic heterocycles. The second-order valence-corrected chi connectivity index (χ2v) is 8.83. The van der Waals surface area contributed by atoms with Gasteiger partial charge in [0, 0.05) is 23.2 Å². The molecular weight excluding hydrogens is 378 g/mol. The molecule has 158 valence electrons. The first-order valence-corrected chi connectivity index (χ1v) is 10.2. The number of benzene rings is 2. The van der Waals surface area contributed by atoms with Crippen molar-refractivity contribution in [3.05, 3.63) is 64.7 Å². The molecule has 0 saturated carbocycles. The van der Waals surface area contributed by atoms with Gasteiger partial charge in [-0.3, -0.25) is 15.0 Å². The Balaban J connectivity index is 1.65. The maximum Gasteiger partial charge on any atom is 0.306 e. The number of ether oxygens (including phenoxy) is 1. The standard InChI is InChI=1S/C24H29N3O3/c1-24(2,3)30-21(28)13-15-4-5-16-10-11-20(14-19(16)12-15)27-23(29)18-8-6-17(7-9-18)22(25)26/h6-11,14-15H,4-5,12-13H2,1-3H3,(H3,25,26)(H,27,29). The summed E-state index contributed by atoms with van der Waals surface area (Å²) in [6.07, 6.45) is 3.09. The van der Waals surface area contributed by atoms with Crippen LogP contribution in [0.4, 0.5) is 5.69 Å². The Hall–Kier alpha value is -3.15. The first kappa shape index (κ1) is 21.6. The molecule has 1 unspecified atom stereocenters. The molecule has 3 rings (SSSR count). The molecule has 0 heterocycles. The summed E-state index contributed by atoms with van der Waals surface area (Å²) in [6, 6.07) is 12.6. The first-order chi connectivity index (χ1) is 14.1. The highest BCUT2D eigenvalue weighted by Crippen LogP contribution is 2.30. The van der Waals surface area contributed by atoms with Gasteiger partial charge >= 0.3 is 5.97 Å². The normalized spacial score (nSPS) is 15.8. The number of amides is 1. The van der Waals surface area contributed by atoms with E-state index in [-0.39, 0.29) is 23.6 Å². The molecule has 2 aromatic carbocycles. The van der Waals surface area contributed by atoms with E-state index in [1.54, 1.807) is 24.3 Å². The fourth-order valence-electron chi connectivity index (χ4n) is 3.71. The predicted molar refractivity (Wildman–Crippen MR) is 118 cm³/mol. The Bertz CT molecular complexity index is 959. The van der Waals surface area contributed by atoms with E-state index in [0.29, 0.717) is 17.5 Å². The third-order valence-corrected chi connectivity index (χ3v) is 5.13. The van der Waals surface area contributed by atoms with Crippen LogP contribution in [0.5, 0.6) is 0 Å². The highest BCUT2D eigenvalue weighted by Gasteiger charge is 2.24. The van der Waals surface area contributed by atoms with Gasteiger partial charge in [0.1, 0.15) is 11.4 Å². The van der Waals surface area contributed by atoms with Crippen LogP contribution in [-0.2, 0) is 22.4 Å². The lowest BCUT2D eigenvalue weighted by atomic mass is 9.82. The number of carbonyl (C=O) groups excluding carboxylic acids is 2. The summed E-state index contributed by atoms with van der Waals surface area (Å²) < 4.78 is 5.46. The van der Waals surface area contributed by atoms with Crippen LogP contribution in [0, 0.1) is 11.3 Å². The molecule has 1 aliphatic rings. The van der Waals surface area contributed by atoms with Crippen LogP contribution in [0.3, 0.4) is 0 Å². The summed E-state index contributed by atoms with van der Waals surface area (Å²) in [4.78, 5) is 24.7. The molecule has 2 aromatic rings. The highest BCUT2D eigenvalue weighted by atomic mass is 16.6.